The molecular weight excluding hydrogens is 188 g/mol. The highest BCUT2D eigenvalue weighted by Crippen LogP contribution is 2.12. The zero-order chi connectivity index (χ0) is 11.3. The van der Waals surface area contributed by atoms with Gasteiger partial charge in [-0.3, -0.25) is 4.79 Å². The Morgan fingerprint density at radius 2 is 2.33 bits per heavy atom. The van der Waals surface area contributed by atoms with Crippen LogP contribution in [0.15, 0.2) is 30.0 Å². The average Bonchev–Trinajstić information content (AvgIpc) is 2.23. The Kier molecular flexibility index (Phi) is 4.03. The summed E-state index contributed by atoms with van der Waals surface area (Å²) in [7, 11) is 0. The Morgan fingerprint density at radius 3 is 2.87 bits per heavy atom. The number of carbonyl (C=O) groups is 1. The largest absolute Gasteiger partial charge is 0.383 e. The van der Waals surface area contributed by atoms with Crippen molar-refractivity contribution in [3.63, 3.8) is 0 Å². The van der Waals surface area contributed by atoms with Crippen molar-refractivity contribution >= 4 is 11.6 Å². The van der Waals surface area contributed by atoms with Gasteiger partial charge in [-0.2, -0.15) is 0 Å². The fraction of sp³-hybridized carbons (Fsp3) is 0.333. The standard InChI is InChI=1S/C12H16N2O/c1-3-9(4-2)11(15)8-10-6-5-7-14-12(10)13/h3,5-7H,4,8H2,1-2H3,(H2,13,14)/b9-3-. The van der Waals surface area contributed by atoms with Gasteiger partial charge in [0.25, 0.3) is 0 Å². The molecule has 0 aliphatic rings. The van der Waals surface area contributed by atoms with Crippen LogP contribution in [-0.4, -0.2) is 10.8 Å². The second-order valence-electron chi connectivity index (χ2n) is 3.32. The van der Waals surface area contributed by atoms with Crippen molar-refractivity contribution in [1.82, 2.24) is 4.98 Å². The van der Waals surface area contributed by atoms with Crippen molar-refractivity contribution in [2.24, 2.45) is 0 Å². The Hall–Kier alpha value is -1.64. The highest BCUT2D eigenvalue weighted by molar-refractivity contribution is 5.97. The molecule has 0 saturated carbocycles. The first-order chi connectivity index (χ1) is 7.19. The van der Waals surface area contributed by atoms with Crippen LogP contribution in [0.1, 0.15) is 25.8 Å². The van der Waals surface area contributed by atoms with Gasteiger partial charge in [-0.15, -0.1) is 0 Å². The van der Waals surface area contributed by atoms with E-state index in [9.17, 15) is 4.79 Å². The van der Waals surface area contributed by atoms with Gasteiger partial charge in [-0.05, 0) is 25.0 Å². The monoisotopic (exact) mass is 204 g/mol. The first-order valence-electron chi connectivity index (χ1n) is 5.06. The van der Waals surface area contributed by atoms with E-state index >= 15 is 0 Å². The van der Waals surface area contributed by atoms with Crippen LogP contribution in [0.2, 0.25) is 0 Å². The molecule has 0 aliphatic heterocycles. The lowest BCUT2D eigenvalue weighted by molar-refractivity contribution is -0.115. The fourth-order valence-corrected chi connectivity index (χ4v) is 1.45. The Labute approximate surface area is 90.0 Å². The highest BCUT2D eigenvalue weighted by atomic mass is 16.1. The number of carbonyl (C=O) groups excluding carboxylic acids is 1. The van der Waals surface area contributed by atoms with Gasteiger partial charge in [-0.1, -0.05) is 19.1 Å². The molecule has 0 saturated heterocycles. The smallest absolute Gasteiger partial charge is 0.163 e. The summed E-state index contributed by atoms with van der Waals surface area (Å²) in [6.07, 6.45) is 4.58. The molecule has 0 spiro atoms. The molecule has 1 heterocycles. The molecule has 0 unspecified atom stereocenters. The normalized spacial score (nSPS) is 11.5. The van der Waals surface area contributed by atoms with Gasteiger partial charge in [0.2, 0.25) is 0 Å². The van der Waals surface area contributed by atoms with Crippen molar-refractivity contribution in [2.75, 3.05) is 5.73 Å². The van der Waals surface area contributed by atoms with Gasteiger partial charge >= 0.3 is 0 Å². The molecule has 0 amide bonds. The van der Waals surface area contributed by atoms with E-state index in [0.717, 1.165) is 17.6 Å². The van der Waals surface area contributed by atoms with Gasteiger partial charge in [0.05, 0.1) is 0 Å². The summed E-state index contributed by atoms with van der Waals surface area (Å²) < 4.78 is 0. The Bertz CT molecular complexity index is 383. The second-order valence-corrected chi connectivity index (χ2v) is 3.32. The SMILES string of the molecule is C/C=C(/CC)C(=O)Cc1cccnc1N. The van der Waals surface area contributed by atoms with Crippen LogP contribution >= 0.6 is 0 Å². The minimum absolute atomic E-state index is 0.125. The molecule has 1 rings (SSSR count). The maximum absolute atomic E-state index is 11.8. The summed E-state index contributed by atoms with van der Waals surface area (Å²) in [4.78, 5) is 15.7. The lowest BCUT2D eigenvalue weighted by Gasteiger charge is -2.05. The molecule has 0 radical (unpaired) electrons. The Balaban J connectivity index is 2.79. The van der Waals surface area contributed by atoms with Crippen molar-refractivity contribution in [1.29, 1.82) is 0 Å². The number of rotatable bonds is 4. The minimum Gasteiger partial charge on any atom is -0.383 e. The molecule has 0 aliphatic carbocycles. The number of nitrogens with zero attached hydrogens (tertiary/aromatic N) is 1. The van der Waals surface area contributed by atoms with Gasteiger partial charge < -0.3 is 5.73 Å². The molecule has 0 atom stereocenters. The molecule has 1 aromatic heterocycles. The maximum atomic E-state index is 11.8. The zero-order valence-corrected chi connectivity index (χ0v) is 9.16. The summed E-state index contributed by atoms with van der Waals surface area (Å²) >= 11 is 0. The van der Waals surface area contributed by atoms with E-state index in [1.165, 1.54) is 0 Å². The van der Waals surface area contributed by atoms with Gasteiger partial charge in [0, 0.05) is 18.2 Å². The van der Waals surface area contributed by atoms with Gasteiger partial charge in [0.1, 0.15) is 5.82 Å². The lowest BCUT2D eigenvalue weighted by atomic mass is 10.0. The van der Waals surface area contributed by atoms with Crippen LogP contribution in [0.5, 0.6) is 0 Å². The predicted molar refractivity (Wildman–Crippen MR) is 61.4 cm³/mol. The van der Waals surface area contributed by atoms with Crippen LogP contribution in [-0.2, 0) is 11.2 Å². The number of nitrogen functional groups attached to an aromatic ring is 1. The number of anilines is 1. The number of hydrogen-bond acceptors (Lipinski definition) is 3. The van der Waals surface area contributed by atoms with Crippen LogP contribution in [0.4, 0.5) is 5.82 Å². The summed E-state index contributed by atoms with van der Waals surface area (Å²) in [6, 6.07) is 3.63. The summed E-state index contributed by atoms with van der Waals surface area (Å²) in [6.45, 7) is 3.85. The first kappa shape index (κ1) is 11.4. The molecule has 3 heteroatoms. The number of pyridine rings is 1. The molecule has 0 bridgehead atoms. The first-order valence-corrected chi connectivity index (χ1v) is 5.06. The van der Waals surface area contributed by atoms with E-state index in [1.54, 1.807) is 12.3 Å². The molecule has 0 fully saturated rings. The van der Waals surface area contributed by atoms with Gasteiger partial charge in [-0.25, -0.2) is 4.98 Å². The fourth-order valence-electron chi connectivity index (χ4n) is 1.45. The molecule has 15 heavy (non-hydrogen) atoms. The van der Waals surface area contributed by atoms with Crippen molar-refractivity contribution in [3.8, 4) is 0 Å². The molecule has 1 aromatic rings. The van der Waals surface area contributed by atoms with Crippen LogP contribution in [0.25, 0.3) is 0 Å². The van der Waals surface area contributed by atoms with Crippen molar-refractivity contribution in [3.05, 3.63) is 35.5 Å². The number of aromatic nitrogens is 1. The number of nitrogens with two attached hydrogens (primary N) is 1. The summed E-state index contributed by atoms with van der Waals surface area (Å²) in [5, 5.41) is 0. The summed E-state index contributed by atoms with van der Waals surface area (Å²) in [5.41, 5.74) is 7.32. The molecule has 0 aromatic carbocycles. The van der Waals surface area contributed by atoms with E-state index in [4.69, 9.17) is 5.73 Å². The van der Waals surface area contributed by atoms with Crippen LogP contribution in [0, 0.1) is 0 Å². The predicted octanol–water partition coefficient (Wildman–Crippen LogP) is 2.13. The number of Topliss-reactive ketones (excluding diaryl/α,β-unsaturated/α-hetero) is 1. The lowest BCUT2D eigenvalue weighted by Crippen LogP contribution is -2.08. The van der Waals surface area contributed by atoms with Gasteiger partial charge in [0.15, 0.2) is 5.78 Å². The number of hydrogen-bond donors (Lipinski definition) is 1. The maximum Gasteiger partial charge on any atom is 0.163 e. The van der Waals surface area contributed by atoms with Crippen LogP contribution < -0.4 is 5.73 Å². The number of ketones is 1. The molecule has 2 N–H and O–H groups in total. The third kappa shape index (κ3) is 2.91. The third-order valence-electron chi connectivity index (χ3n) is 2.36. The average molecular weight is 204 g/mol. The molecular formula is C12H16N2O. The minimum atomic E-state index is 0.125. The van der Waals surface area contributed by atoms with E-state index < -0.39 is 0 Å². The third-order valence-corrected chi connectivity index (χ3v) is 2.36. The van der Waals surface area contributed by atoms with Crippen molar-refractivity contribution in [2.45, 2.75) is 26.7 Å². The van der Waals surface area contributed by atoms with E-state index in [2.05, 4.69) is 4.98 Å². The van der Waals surface area contributed by atoms with E-state index in [0.29, 0.717) is 12.2 Å². The van der Waals surface area contributed by atoms with Crippen molar-refractivity contribution < 1.29 is 4.79 Å². The van der Waals surface area contributed by atoms with Crippen LogP contribution in [0.3, 0.4) is 0 Å². The second kappa shape index (κ2) is 5.29. The zero-order valence-electron chi connectivity index (χ0n) is 9.16. The number of allylic oxidation sites excluding steroid dienone is 2. The molecule has 80 valence electrons. The topological polar surface area (TPSA) is 56.0 Å². The summed E-state index contributed by atoms with van der Waals surface area (Å²) in [5.74, 6) is 0.567. The quantitative estimate of drug-likeness (QED) is 0.764. The van der Waals surface area contributed by atoms with E-state index in [-0.39, 0.29) is 5.78 Å². The Morgan fingerprint density at radius 1 is 1.60 bits per heavy atom. The van der Waals surface area contributed by atoms with E-state index in [1.807, 2.05) is 26.0 Å². The molecule has 3 nitrogen and oxygen atoms in total. The highest BCUT2D eigenvalue weighted by Gasteiger charge is 2.09.